The monoisotopic (exact) mass is 265 g/mol. The van der Waals surface area contributed by atoms with Crippen LogP contribution in [0.2, 0.25) is 0 Å². The summed E-state index contributed by atoms with van der Waals surface area (Å²) in [6, 6.07) is 0.598. The van der Waals surface area contributed by atoms with Gasteiger partial charge in [-0.15, -0.1) is 0 Å². The lowest BCUT2D eigenvalue weighted by atomic mass is 9.96. The van der Waals surface area contributed by atoms with E-state index in [1.54, 1.807) is 6.33 Å². The summed E-state index contributed by atoms with van der Waals surface area (Å²) in [6.45, 7) is 11.9. The third-order valence-corrected chi connectivity index (χ3v) is 3.88. The Balaban J connectivity index is 1.74. The van der Waals surface area contributed by atoms with E-state index in [4.69, 9.17) is 0 Å². The van der Waals surface area contributed by atoms with Gasteiger partial charge < -0.3 is 5.32 Å². The van der Waals surface area contributed by atoms with Gasteiger partial charge in [0.25, 0.3) is 0 Å². The van der Waals surface area contributed by atoms with Crippen molar-refractivity contribution in [2.24, 2.45) is 5.92 Å². The lowest BCUT2D eigenvalue weighted by Gasteiger charge is -2.32. The van der Waals surface area contributed by atoms with Crippen LogP contribution in [0.1, 0.15) is 39.4 Å². The van der Waals surface area contributed by atoms with Crippen LogP contribution in [0.3, 0.4) is 0 Å². The average molecular weight is 265 g/mol. The predicted octanol–water partition coefficient (Wildman–Crippen LogP) is 1.51. The van der Waals surface area contributed by atoms with E-state index in [-0.39, 0.29) is 0 Å². The van der Waals surface area contributed by atoms with Crippen LogP contribution >= 0.6 is 0 Å². The fourth-order valence-corrected chi connectivity index (χ4v) is 2.63. The highest BCUT2D eigenvalue weighted by atomic mass is 15.3. The van der Waals surface area contributed by atoms with Gasteiger partial charge in [-0.1, -0.05) is 13.8 Å². The topological polar surface area (TPSA) is 46.0 Å². The molecule has 1 aromatic heterocycles. The second-order valence-corrected chi connectivity index (χ2v) is 5.77. The molecule has 1 aliphatic heterocycles. The molecular formula is C14H27N5. The molecule has 0 saturated carbocycles. The predicted molar refractivity (Wildman–Crippen MR) is 76.8 cm³/mol. The fourth-order valence-electron chi connectivity index (χ4n) is 2.63. The first kappa shape index (κ1) is 14.5. The maximum absolute atomic E-state index is 4.36. The van der Waals surface area contributed by atoms with Crippen LogP contribution in [0, 0.1) is 5.92 Å². The zero-order valence-corrected chi connectivity index (χ0v) is 12.5. The molecule has 5 nitrogen and oxygen atoms in total. The van der Waals surface area contributed by atoms with Gasteiger partial charge in [-0.25, -0.2) is 9.67 Å². The molecular weight excluding hydrogens is 238 g/mol. The van der Waals surface area contributed by atoms with Crippen LogP contribution < -0.4 is 5.32 Å². The summed E-state index contributed by atoms with van der Waals surface area (Å²) in [5, 5.41) is 7.78. The van der Waals surface area contributed by atoms with Crippen LogP contribution in [0.15, 0.2) is 6.33 Å². The number of aromatic nitrogens is 3. The van der Waals surface area contributed by atoms with E-state index in [0.717, 1.165) is 31.4 Å². The molecule has 19 heavy (non-hydrogen) atoms. The first-order chi connectivity index (χ1) is 9.19. The van der Waals surface area contributed by atoms with Crippen LogP contribution in [0.25, 0.3) is 0 Å². The molecule has 108 valence electrons. The van der Waals surface area contributed by atoms with Crippen molar-refractivity contribution < 1.29 is 0 Å². The Labute approximate surface area is 116 Å². The molecule has 2 rings (SSSR count). The molecule has 1 N–H and O–H groups in total. The maximum Gasteiger partial charge on any atom is 0.140 e. The van der Waals surface area contributed by atoms with Gasteiger partial charge in [0.05, 0.1) is 6.54 Å². The molecule has 0 amide bonds. The summed E-state index contributed by atoms with van der Waals surface area (Å²) in [5.41, 5.74) is 0. The largest absolute Gasteiger partial charge is 0.314 e. The molecule has 0 spiro atoms. The van der Waals surface area contributed by atoms with Crippen molar-refractivity contribution in [3.63, 3.8) is 0 Å². The minimum absolute atomic E-state index is 0.598. The number of nitrogens with one attached hydrogen (secondary N) is 1. The molecule has 0 bridgehead atoms. The van der Waals surface area contributed by atoms with Gasteiger partial charge >= 0.3 is 0 Å². The highest BCUT2D eigenvalue weighted by Crippen LogP contribution is 2.18. The van der Waals surface area contributed by atoms with Crippen molar-refractivity contribution in [3.05, 3.63) is 12.2 Å². The van der Waals surface area contributed by atoms with Crippen LogP contribution in [0.5, 0.6) is 0 Å². The second kappa shape index (κ2) is 7.01. The normalized spacial score (nSPS) is 18.3. The minimum atomic E-state index is 0.598. The SMILES string of the molecule is CCn1ncnc1CN1CCC(CNC(C)C)CC1. The van der Waals surface area contributed by atoms with Crippen LogP contribution in [-0.4, -0.2) is 45.3 Å². The fraction of sp³-hybridized carbons (Fsp3) is 0.857. The van der Waals surface area contributed by atoms with E-state index >= 15 is 0 Å². The Morgan fingerprint density at radius 3 is 2.74 bits per heavy atom. The third kappa shape index (κ3) is 4.28. The minimum Gasteiger partial charge on any atom is -0.314 e. The molecule has 1 aliphatic rings. The van der Waals surface area contributed by atoms with Crippen molar-refractivity contribution in [3.8, 4) is 0 Å². The van der Waals surface area contributed by atoms with E-state index in [9.17, 15) is 0 Å². The van der Waals surface area contributed by atoms with Crippen molar-refractivity contribution in [2.45, 2.75) is 52.7 Å². The summed E-state index contributed by atoms with van der Waals surface area (Å²) >= 11 is 0. The van der Waals surface area contributed by atoms with Gasteiger partial charge in [0.1, 0.15) is 12.2 Å². The lowest BCUT2D eigenvalue weighted by Crippen LogP contribution is -2.38. The molecule has 1 fully saturated rings. The Hall–Kier alpha value is -0.940. The summed E-state index contributed by atoms with van der Waals surface area (Å²) in [4.78, 5) is 6.86. The van der Waals surface area contributed by atoms with Crippen LogP contribution in [0.4, 0.5) is 0 Å². The van der Waals surface area contributed by atoms with E-state index in [1.807, 2.05) is 4.68 Å². The molecule has 0 aliphatic carbocycles. The lowest BCUT2D eigenvalue weighted by molar-refractivity contribution is 0.168. The summed E-state index contributed by atoms with van der Waals surface area (Å²) in [5.74, 6) is 1.93. The van der Waals surface area contributed by atoms with Crippen molar-refractivity contribution in [1.29, 1.82) is 0 Å². The van der Waals surface area contributed by atoms with E-state index in [1.165, 1.54) is 25.9 Å². The molecule has 1 saturated heterocycles. The van der Waals surface area contributed by atoms with E-state index in [0.29, 0.717) is 6.04 Å². The highest BCUT2D eigenvalue weighted by molar-refractivity contribution is 4.86. The maximum atomic E-state index is 4.36. The van der Waals surface area contributed by atoms with Crippen molar-refractivity contribution in [1.82, 2.24) is 25.0 Å². The number of rotatable bonds is 6. The number of likely N-dealkylation sites (tertiary alicyclic amines) is 1. The Bertz CT molecular complexity index is 366. The van der Waals surface area contributed by atoms with Gasteiger partial charge in [0.15, 0.2) is 0 Å². The standard InChI is InChI=1S/C14H27N5/c1-4-19-14(16-11-17-19)10-18-7-5-13(6-8-18)9-15-12(2)3/h11-13,15H,4-10H2,1-3H3. The summed E-state index contributed by atoms with van der Waals surface area (Å²) < 4.78 is 1.99. The number of nitrogens with zero attached hydrogens (tertiary/aromatic N) is 4. The molecule has 0 unspecified atom stereocenters. The van der Waals surface area contributed by atoms with Gasteiger partial charge in [-0.05, 0) is 45.3 Å². The van der Waals surface area contributed by atoms with Crippen LogP contribution in [-0.2, 0) is 13.1 Å². The van der Waals surface area contributed by atoms with Gasteiger partial charge in [0.2, 0.25) is 0 Å². The zero-order valence-electron chi connectivity index (χ0n) is 12.5. The van der Waals surface area contributed by atoms with Crippen molar-refractivity contribution >= 4 is 0 Å². The summed E-state index contributed by atoms with van der Waals surface area (Å²) in [6.07, 6.45) is 4.25. The van der Waals surface area contributed by atoms with Gasteiger partial charge in [0, 0.05) is 12.6 Å². The molecule has 0 atom stereocenters. The molecule has 5 heteroatoms. The molecule has 2 heterocycles. The first-order valence-corrected chi connectivity index (χ1v) is 7.51. The second-order valence-electron chi connectivity index (χ2n) is 5.77. The van der Waals surface area contributed by atoms with E-state index < -0.39 is 0 Å². The summed E-state index contributed by atoms with van der Waals surface area (Å²) in [7, 11) is 0. The Morgan fingerprint density at radius 1 is 1.37 bits per heavy atom. The number of aryl methyl sites for hydroxylation is 1. The third-order valence-electron chi connectivity index (χ3n) is 3.88. The van der Waals surface area contributed by atoms with E-state index in [2.05, 4.69) is 41.1 Å². The molecule has 0 aromatic carbocycles. The number of hydrogen-bond acceptors (Lipinski definition) is 4. The van der Waals surface area contributed by atoms with Crippen molar-refractivity contribution in [2.75, 3.05) is 19.6 Å². The van der Waals surface area contributed by atoms with Gasteiger partial charge in [-0.3, -0.25) is 4.90 Å². The first-order valence-electron chi connectivity index (χ1n) is 7.51. The molecule has 0 radical (unpaired) electrons. The smallest absolute Gasteiger partial charge is 0.140 e. The number of hydrogen-bond donors (Lipinski definition) is 1. The zero-order chi connectivity index (χ0) is 13.7. The quantitative estimate of drug-likeness (QED) is 0.847. The average Bonchev–Trinajstić information content (AvgIpc) is 2.85. The highest BCUT2D eigenvalue weighted by Gasteiger charge is 2.20. The van der Waals surface area contributed by atoms with Gasteiger partial charge in [-0.2, -0.15) is 5.10 Å². The Kier molecular flexibility index (Phi) is 5.34. The number of piperidine rings is 1. The molecule has 1 aromatic rings. The Morgan fingerprint density at radius 2 is 2.11 bits per heavy atom.